The van der Waals surface area contributed by atoms with Crippen LogP contribution in [0.5, 0.6) is 5.75 Å². The van der Waals surface area contributed by atoms with Gasteiger partial charge in [0.2, 0.25) is 5.91 Å². The second kappa shape index (κ2) is 7.24. The van der Waals surface area contributed by atoms with Crippen LogP contribution in [-0.4, -0.2) is 10.8 Å². The predicted octanol–water partition coefficient (Wildman–Crippen LogP) is 3.38. The number of rotatable bonds is 5. The van der Waals surface area contributed by atoms with E-state index in [0.717, 1.165) is 18.2 Å². The summed E-state index contributed by atoms with van der Waals surface area (Å²) in [5.41, 5.74) is -0.00121. The van der Waals surface area contributed by atoms with E-state index in [1.54, 1.807) is 12.1 Å². The molecule has 27 heavy (non-hydrogen) atoms. The number of nitrogens with one attached hydrogen (secondary N) is 1. The van der Waals surface area contributed by atoms with Crippen molar-refractivity contribution < 1.29 is 23.3 Å². The van der Waals surface area contributed by atoms with Gasteiger partial charge in [0, 0.05) is 47.8 Å². The highest BCUT2D eigenvalue weighted by atomic mass is 19.1. The molecule has 0 aliphatic rings. The van der Waals surface area contributed by atoms with Gasteiger partial charge in [-0.2, -0.15) is 0 Å². The molecule has 9 heteroatoms. The lowest BCUT2D eigenvalue weighted by molar-refractivity contribution is -0.386. The number of amides is 1. The zero-order chi connectivity index (χ0) is 19.6. The number of nitro benzene ring substituents is 1. The number of hydrogen-bond acceptors (Lipinski definition) is 6. The van der Waals surface area contributed by atoms with Crippen molar-refractivity contribution in [3.63, 3.8) is 0 Å². The van der Waals surface area contributed by atoms with E-state index in [1.165, 1.54) is 19.1 Å². The Morgan fingerprint density at radius 2 is 2.04 bits per heavy atom. The Bertz CT molecular complexity index is 1110. The molecule has 0 aliphatic carbocycles. The van der Waals surface area contributed by atoms with Crippen LogP contribution in [0.15, 0.2) is 51.7 Å². The Kier molecular flexibility index (Phi) is 4.84. The van der Waals surface area contributed by atoms with Crippen LogP contribution in [0.4, 0.5) is 15.8 Å². The number of nitrogens with zero attached hydrogens (tertiary/aromatic N) is 1. The van der Waals surface area contributed by atoms with Crippen LogP contribution >= 0.6 is 0 Å². The molecule has 1 aromatic heterocycles. The van der Waals surface area contributed by atoms with Crippen LogP contribution in [0.1, 0.15) is 12.5 Å². The fourth-order valence-electron chi connectivity index (χ4n) is 2.54. The van der Waals surface area contributed by atoms with E-state index in [-0.39, 0.29) is 23.8 Å². The number of hydrogen-bond donors (Lipinski definition) is 1. The topological polar surface area (TPSA) is 112 Å². The van der Waals surface area contributed by atoms with Gasteiger partial charge in [-0.25, -0.2) is 9.18 Å². The van der Waals surface area contributed by atoms with Crippen molar-refractivity contribution in [3.05, 3.63) is 74.4 Å². The fraction of sp³-hybridized carbons (Fsp3) is 0.111. The summed E-state index contributed by atoms with van der Waals surface area (Å²) in [6.45, 7) is 1.13. The van der Waals surface area contributed by atoms with Crippen LogP contribution in [-0.2, 0) is 11.4 Å². The van der Waals surface area contributed by atoms with Crippen LogP contribution in [0.3, 0.4) is 0 Å². The van der Waals surface area contributed by atoms with E-state index in [9.17, 15) is 24.1 Å². The minimum atomic E-state index is -0.689. The Morgan fingerprint density at radius 3 is 2.74 bits per heavy atom. The monoisotopic (exact) mass is 372 g/mol. The van der Waals surface area contributed by atoms with Gasteiger partial charge in [-0.1, -0.05) is 0 Å². The van der Waals surface area contributed by atoms with Crippen molar-refractivity contribution in [2.45, 2.75) is 13.5 Å². The quantitative estimate of drug-likeness (QED) is 0.417. The summed E-state index contributed by atoms with van der Waals surface area (Å²) < 4.78 is 23.9. The van der Waals surface area contributed by atoms with Crippen molar-refractivity contribution in [2.24, 2.45) is 0 Å². The third kappa shape index (κ3) is 4.09. The summed E-state index contributed by atoms with van der Waals surface area (Å²) in [5, 5.41) is 14.1. The van der Waals surface area contributed by atoms with Crippen molar-refractivity contribution >= 4 is 28.3 Å². The van der Waals surface area contributed by atoms with Crippen molar-refractivity contribution in [1.29, 1.82) is 0 Å². The molecule has 1 heterocycles. The molecule has 0 spiro atoms. The molecule has 2 aromatic carbocycles. The first-order chi connectivity index (χ1) is 12.8. The Hall–Kier alpha value is -3.75. The van der Waals surface area contributed by atoms with E-state index < -0.39 is 22.1 Å². The first kappa shape index (κ1) is 18.1. The van der Waals surface area contributed by atoms with Crippen molar-refractivity contribution in [2.75, 3.05) is 5.32 Å². The van der Waals surface area contributed by atoms with Gasteiger partial charge >= 0.3 is 11.3 Å². The molecule has 0 radical (unpaired) electrons. The van der Waals surface area contributed by atoms with E-state index in [2.05, 4.69) is 5.32 Å². The SMILES string of the molecule is CC(=O)Nc1ccc2c(COc3cc(F)ccc3[N+](=O)[O-])cc(=O)oc2c1. The number of nitro groups is 1. The highest BCUT2D eigenvalue weighted by molar-refractivity contribution is 5.92. The molecule has 3 aromatic rings. The number of benzene rings is 2. The summed E-state index contributed by atoms with van der Waals surface area (Å²) in [6, 6.07) is 8.75. The van der Waals surface area contributed by atoms with Crippen LogP contribution in [0.25, 0.3) is 11.0 Å². The van der Waals surface area contributed by atoms with E-state index in [0.29, 0.717) is 16.6 Å². The molecule has 0 bridgehead atoms. The molecule has 0 fully saturated rings. The molecule has 1 amide bonds. The number of ether oxygens (including phenoxy) is 1. The van der Waals surface area contributed by atoms with Gasteiger partial charge < -0.3 is 14.5 Å². The maximum Gasteiger partial charge on any atom is 0.336 e. The van der Waals surface area contributed by atoms with Crippen molar-refractivity contribution in [1.82, 2.24) is 0 Å². The Balaban J connectivity index is 1.96. The molecule has 0 saturated heterocycles. The zero-order valence-electron chi connectivity index (χ0n) is 14.0. The maximum atomic E-state index is 13.4. The minimum absolute atomic E-state index is 0.209. The lowest BCUT2D eigenvalue weighted by Gasteiger charge is -2.10. The third-order valence-corrected chi connectivity index (χ3v) is 3.65. The highest BCUT2D eigenvalue weighted by Gasteiger charge is 2.17. The van der Waals surface area contributed by atoms with E-state index in [1.807, 2.05) is 0 Å². The largest absolute Gasteiger partial charge is 0.482 e. The highest BCUT2D eigenvalue weighted by Crippen LogP contribution is 2.29. The van der Waals surface area contributed by atoms with Crippen LogP contribution < -0.4 is 15.7 Å². The van der Waals surface area contributed by atoms with E-state index >= 15 is 0 Å². The summed E-state index contributed by atoms with van der Waals surface area (Å²) in [6.07, 6.45) is 0. The maximum absolute atomic E-state index is 13.4. The molecule has 0 saturated carbocycles. The number of anilines is 1. The van der Waals surface area contributed by atoms with Gasteiger partial charge in [0.05, 0.1) is 4.92 Å². The zero-order valence-corrected chi connectivity index (χ0v) is 14.0. The molecule has 138 valence electrons. The molecule has 0 unspecified atom stereocenters. The Morgan fingerprint density at radius 1 is 1.26 bits per heavy atom. The average molecular weight is 372 g/mol. The summed E-state index contributed by atoms with van der Waals surface area (Å²) >= 11 is 0. The first-order valence-corrected chi connectivity index (χ1v) is 7.74. The van der Waals surface area contributed by atoms with Crippen LogP contribution in [0.2, 0.25) is 0 Å². The lowest BCUT2D eigenvalue weighted by Crippen LogP contribution is -2.07. The molecule has 0 atom stereocenters. The summed E-state index contributed by atoms with van der Waals surface area (Å²) in [5.74, 6) is -1.22. The fourth-order valence-corrected chi connectivity index (χ4v) is 2.54. The van der Waals surface area contributed by atoms with Gasteiger partial charge in [0.1, 0.15) is 18.0 Å². The molecule has 3 rings (SSSR count). The average Bonchev–Trinajstić information content (AvgIpc) is 2.58. The molecule has 8 nitrogen and oxygen atoms in total. The van der Waals surface area contributed by atoms with Gasteiger partial charge in [0.15, 0.2) is 5.75 Å². The molecular formula is C18H13FN2O6. The number of fused-ring (bicyclic) bond motifs is 1. The normalized spacial score (nSPS) is 10.6. The number of carbonyl (C=O) groups is 1. The second-order valence-corrected chi connectivity index (χ2v) is 5.64. The van der Waals surface area contributed by atoms with E-state index in [4.69, 9.17) is 9.15 Å². The first-order valence-electron chi connectivity index (χ1n) is 7.74. The van der Waals surface area contributed by atoms with Crippen molar-refractivity contribution in [3.8, 4) is 5.75 Å². The summed E-state index contributed by atoms with van der Waals surface area (Å²) in [4.78, 5) is 33.3. The lowest BCUT2D eigenvalue weighted by atomic mass is 10.1. The summed E-state index contributed by atoms with van der Waals surface area (Å²) in [7, 11) is 0. The standard InChI is InChI=1S/C18H13FN2O6/c1-10(22)20-13-3-4-14-11(6-18(23)27-16(14)8-13)9-26-17-7-12(19)2-5-15(17)21(24)25/h2-8H,9H2,1H3,(H,20,22). The molecule has 0 aliphatic heterocycles. The number of carbonyl (C=O) groups excluding carboxylic acids is 1. The third-order valence-electron chi connectivity index (χ3n) is 3.65. The van der Waals surface area contributed by atoms with Crippen LogP contribution in [0, 0.1) is 15.9 Å². The Labute approximate surface area is 151 Å². The van der Waals surface area contributed by atoms with Gasteiger partial charge in [0.25, 0.3) is 0 Å². The number of halogens is 1. The van der Waals surface area contributed by atoms with Gasteiger partial charge in [-0.15, -0.1) is 0 Å². The second-order valence-electron chi connectivity index (χ2n) is 5.64. The molecular weight excluding hydrogens is 359 g/mol. The van der Waals surface area contributed by atoms with Gasteiger partial charge in [-0.05, 0) is 18.2 Å². The predicted molar refractivity (Wildman–Crippen MR) is 94.2 cm³/mol. The smallest absolute Gasteiger partial charge is 0.336 e. The minimum Gasteiger partial charge on any atom is -0.482 e. The molecule has 1 N–H and O–H groups in total. The van der Waals surface area contributed by atoms with Gasteiger partial charge in [-0.3, -0.25) is 14.9 Å².